The normalized spacial score (nSPS) is 15.5. The first-order chi connectivity index (χ1) is 4.93. The molecule has 2 heteroatoms. The summed E-state index contributed by atoms with van der Waals surface area (Å²) in [5.74, 6) is 0. The number of hydrogen-bond acceptors (Lipinski definition) is 2. The molecule has 1 heterocycles. The zero-order valence-corrected chi connectivity index (χ0v) is 6.26. The molecule has 0 aliphatic carbocycles. The van der Waals surface area contributed by atoms with E-state index < -0.39 is 0 Å². The lowest BCUT2D eigenvalue weighted by Gasteiger charge is -2.10. The van der Waals surface area contributed by atoms with Crippen LogP contribution in [0.15, 0.2) is 24.1 Å². The Kier molecular flexibility index (Phi) is 2.87. The van der Waals surface area contributed by atoms with Gasteiger partial charge in [-0.25, -0.2) is 5.48 Å². The fourth-order valence-corrected chi connectivity index (χ4v) is 0.840. The van der Waals surface area contributed by atoms with E-state index in [-0.39, 0.29) is 0 Å². The van der Waals surface area contributed by atoms with Crippen LogP contribution in [0, 0.1) is 0 Å². The SMILES string of the molecule is CCCCC1=CC=CON1. The summed E-state index contributed by atoms with van der Waals surface area (Å²) in [7, 11) is 0. The third-order valence-corrected chi connectivity index (χ3v) is 1.43. The first kappa shape index (κ1) is 7.19. The predicted octanol–water partition coefficient (Wildman–Crippen LogP) is 2.11. The molecule has 0 aromatic heterocycles. The summed E-state index contributed by atoms with van der Waals surface area (Å²) in [6.45, 7) is 2.18. The van der Waals surface area contributed by atoms with E-state index in [1.165, 1.54) is 18.5 Å². The highest BCUT2D eigenvalue weighted by Crippen LogP contribution is 2.06. The van der Waals surface area contributed by atoms with Gasteiger partial charge < -0.3 is 4.84 Å². The second-order valence-electron chi connectivity index (χ2n) is 2.34. The summed E-state index contributed by atoms with van der Waals surface area (Å²) in [5.41, 5.74) is 4.00. The summed E-state index contributed by atoms with van der Waals surface area (Å²) in [6.07, 6.45) is 9.11. The topological polar surface area (TPSA) is 21.3 Å². The molecule has 1 rings (SSSR count). The average Bonchev–Trinajstić information content (AvgIpc) is 2.03. The Morgan fingerprint density at radius 3 is 3.10 bits per heavy atom. The van der Waals surface area contributed by atoms with Crippen LogP contribution in [0.4, 0.5) is 0 Å². The second-order valence-corrected chi connectivity index (χ2v) is 2.34. The van der Waals surface area contributed by atoms with E-state index in [1.807, 2.05) is 12.2 Å². The van der Waals surface area contributed by atoms with Gasteiger partial charge in [0.15, 0.2) is 0 Å². The van der Waals surface area contributed by atoms with Gasteiger partial charge in [0.1, 0.15) is 6.26 Å². The van der Waals surface area contributed by atoms with Crippen molar-refractivity contribution in [2.45, 2.75) is 26.2 Å². The lowest BCUT2D eigenvalue weighted by molar-refractivity contribution is 0.155. The van der Waals surface area contributed by atoms with Crippen molar-refractivity contribution in [3.05, 3.63) is 24.1 Å². The molecule has 1 aliphatic rings. The molecule has 0 unspecified atom stereocenters. The zero-order valence-electron chi connectivity index (χ0n) is 6.26. The van der Waals surface area contributed by atoms with Crippen LogP contribution in [0.5, 0.6) is 0 Å². The third kappa shape index (κ3) is 2.13. The van der Waals surface area contributed by atoms with Gasteiger partial charge in [-0.15, -0.1) is 0 Å². The third-order valence-electron chi connectivity index (χ3n) is 1.43. The van der Waals surface area contributed by atoms with E-state index in [2.05, 4.69) is 12.4 Å². The van der Waals surface area contributed by atoms with Crippen LogP contribution >= 0.6 is 0 Å². The number of unbranched alkanes of at least 4 members (excludes halogenated alkanes) is 1. The molecule has 1 aliphatic heterocycles. The van der Waals surface area contributed by atoms with Gasteiger partial charge in [-0.1, -0.05) is 13.3 Å². The summed E-state index contributed by atoms with van der Waals surface area (Å²) in [4.78, 5) is 4.88. The van der Waals surface area contributed by atoms with Crippen molar-refractivity contribution in [2.24, 2.45) is 0 Å². The Bertz CT molecular complexity index is 149. The molecule has 0 saturated carbocycles. The van der Waals surface area contributed by atoms with Crippen molar-refractivity contribution >= 4 is 0 Å². The van der Waals surface area contributed by atoms with E-state index in [4.69, 9.17) is 4.84 Å². The number of allylic oxidation sites excluding steroid dienone is 3. The fourth-order valence-electron chi connectivity index (χ4n) is 0.840. The van der Waals surface area contributed by atoms with Crippen molar-refractivity contribution in [1.82, 2.24) is 5.48 Å². The average molecular weight is 139 g/mol. The molecule has 2 nitrogen and oxygen atoms in total. The Morgan fingerprint density at radius 2 is 2.50 bits per heavy atom. The highest BCUT2D eigenvalue weighted by atomic mass is 16.6. The van der Waals surface area contributed by atoms with Crippen LogP contribution < -0.4 is 5.48 Å². The van der Waals surface area contributed by atoms with Gasteiger partial charge in [0.25, 0.3) is 0 Å². The van der Waals surface area contributed by atoms with Crippen LogP contribution in [0.2, 0.25) is 0 Å². The van der Waals surface area contributed by atoms with Crippen LogP contribution in [-0.2, 0) is 4.84 Å². The van der Waals surface area contributed by atoms with E-state index in [0.717, 1.165) is 6.42 Å². The molecule has 0 aromatic carbocycles. The first-order valence-electron chi connectivity index (χ1n) is 3.71. The number of rotatable bonds is 3. The number of hydrogen-bond donors (Lipinski definition) is 1. The van der Waals surface area contributed by atoms with Crippen LogP contribution in [0.3, 0.4) is 0 Å². The van der Waals surface area contributed by atoms with Gasteiger partial charge in [0, 0.05) is 5.70 Å². The lowest BCUT2D eigenvalue weighted by atomic mass is 10.2. The monoisotopic (exact) mass is 139 g/mol. The molecule has 0 amide bonds. The zero-order chi connectivity index (χ0) is 7.23. The van der Waals surface area contributed by atoms with Crippen LogP contribution in [0.1, 0.15) is 26.2 Å². The maximum atomic E-state index is 4.88. The summed E-state index contributed by atoms with van der Waals surface area (Å²) in [6, 6.07) is 0. The maximum absolute atomic E-state index is 4.88. The van der Waals surface area contributed by atoms with E-state index in [1.54, 1.807) is 6.26 Å². The molecule has 0 radical (unpaired) electrons. The summed E-state index contributed by atoms with van der Waals surface area (Å²) in [5, 5.41) is 0. The van der Waals surface area contributed by atoms with Crippen molar-refractivity contribution in [2.75, 3.05) is 0 Å². The summed E-state index contributed by atoms with van der Waals surface area (Å²) >= 11 is 0. The van der Waals surface area contributed by atoms with Gasteiger partial charge >= 0.3 is 0 Å². The predicted molar refractivity (Wildman–Crippen MR) is 41.0 cm³/mol. The molecule has 0 atom stereocenters. The number of nitrogens with one attached hydrogen (secondary N) is 1. The first-order valence-corrected chi connectivity index (χ1v) is 3.71. The smallest absolute Gasteiger partial charge is 0.119 e. The molecular weight excluding hydrogens is 126 g/mol. The van der Waals surface area contributed by atoms with E-state index >= 15 is 0 Å². The lowest BCUT2D eigenvalue weighted by Crippen LogP contribution is -2.12. The largest absolute Gasteiger partial charge is 0.390 e. The Labute approximate surface area is 61.5 Å². The molecule has 10 heavy (non-hydrogen) atoms. The van der Waals surface area contributed by atoms with Gasteiger partial charge in [-0.2, -0.15) is 0 Å². The van der Waals surface area contributed by atoms with Crippen LogP contribution in [0.25, 0.3) is 0 Å². The van der Waals surface area contributed by atoms with Crippen molar-refractivity contribution in [3.63, 3.8) is 0 Å². The van der Waals surface area contributed by atoms with Gasteiger partial charge in [-0.3, -0.25) is 0 Å². The minimum Gasteiger partial charge on any atom is -0.390 e. The molecule has 1 N–H and O–H groups in total. The van der Waals surface area contributed by atoms with Crippen LogP contribution in [-0.4, -0.2) is 0 Å². The van der Waals surface area contributed by atoms with Gasteiger partial charge in [-0.05, 0) is 25.0 Å². The standard InChI is InChI=1S/C8H13NO/c1-2-3-5-8-6-4-7-10-9-8/h4,6-7,9H,2-3,5H2,1H3. The minimum absolute atomic E-state index is 1.08. The summed E-state index contributed by atoms with van der Waals surface area (Å²) < 4.78 is 0. The minimum atomic E-state index is 1.08. The molecule has 0 aromatic rings. The Balaban J connectivity index is 2.25. The molecule has 0 fully saturated rings. The quantitative estimate of drug-likeness (QED) is 0.646. The maximum Gasteiger partial charge on any atom is 0.119 e. The van der Waals surface area contributed by atoms with Crippen molar-refractivity contribution < 1.29 is 4.84 Å². The Morgan fingerprint density at radius 1 is 1.60 bits per heavy atom. The molecule has 0 bridgehead atoms. The Hall–Kier alpha value is -0.920. The highest BCUT2D eigenvalue weighted by molar-refractivity contribution is 5.10. The fraction of sp³-hybridized carbons (Fsp3) is 0.500. The number of hydroxylamine groups is 1. The van der Waals surface area contributed by atoms with E-state index in [0.29, 0.717) is 0 Å². The van der Waals surface area contributed by atoms with Gasteiger partial charge in [0.2, 0.25) is 0 Å². The molecular formula is C8H13NO. The molecule has 0 saturated heterocycles. The highest BCUT2D eigenvalue weighted by Gasteiger charge is 1.96. The van der Waals surface area contributed by atoms with Crippen molar-refractivity contribution in [1.29, 1.82) is 0 Å². The van der Waals surface area contributed by atoms with E-state index in [9.17, 15) is 0 Å². The molecule has 0 spiro atoms. The van der Waals surface area contributed by atoms with Gasteiger partial charge in [0.05, 0.1) is 0 Å². The second kappa shape index (κ2) is 3.99. The van der Waals surface area contributed by atoms with Crippen molar-refractivity contribution in [3.8, 4) is 0 Å². The molecule has 56 valence electrons.